The van der Waals surface area contributed by atoms with E-state index in [1.165, 1.54) is 20.5 Å². The lowest BCUT2D eigenvalue weighted by Gasteiger charge is -2.17. The normalized spacial score (nSPS) is 11.6. The number of ether oxygens (including phenoxy) is 2. The molecule has 0 fully saturated rings. The monoisotopic (exact) mass is 366 g/mol. The maximum atomic E-state index is 12.0. The van der Waals surface area contributed by atoms with Crippen molar-refractivity contribution in [3.63, 3.8) is 0 Å². The highest BCUT2D eigenvalue weighted by Crippen LogP contribution is 2.28. The number of esters is 1. The van der Waals surface area contributed by atoms with Crippen LogP contribution in [0.4, 0.5) is 0 Å². The van der Waals surface area contributed by atoms with Crippen LogP contribution in [0.2, 0.25) is 5.02 Å². The molecular formula is C17H19ClN2O5. The summed E-state index contributed by atoms with van der Waals surface area (Å²) >= 11 is 6.10. The molecule has 1 aromatic carbocycles. The van der Waals surface area contributed by atoms with Crippen molar-refractivity contribution in [3.8, 4) is 5.75 Å². The lowest BCUT2D eigenvalue weighted by Crippen LogP contribution is -2.38. The van der Waals surface area contributed by atoms with Crippen molar-refractivity contribution in [1.82, 2.24) is 10.6 Å². The summed E-state index contributed by atoms with van der Waals surface area (Å²) in [6.07, 6.45) is 1.53. The minimum atomic E-state index is -0.831. The number of halogens is 1. The third kappa shape index (κ3) is 5.23. The molecule has 2 N–H and O–H groups in total. The van der Waals surface area contributed by atoms with Crippen LogP contribution in [-0.2, 0) is 20.9 Å². The van der Waals surface area contributed by atoms with E-state index in [0.717, 1.165) is 0 Å². The Bertz CT molecular complexity index is 718. The number of amides is 1. The molecule has 7 nitrogen and oxygen atoms in total. The molecule has 1 unspecified atom stereocenters. The van der Waals surface area contributed by atoms with Crippen molar-refractivity contribution < 1.29 is 23.5 Å². The molecule has 25 heavy (non-hydrogen) atoms. The first-order chi connectivity index (χ1) is 12.0. The highest BCUT2D eigenvalue weighted by atomic mass is 35.5. The molecular weight excluding hydrogens is 348 g/mol. The largest absolute Gasteiger partial charge is 0.495 e. The Kier molecular flexibility index (Phi) is 6.85. The summed E-state index contributed by atoms with van der Waals surface area (Å²) < 4.78 is 15.0. The molecule has 0 aliphatic heterocycles. The van der Waals surface area contributed by atoms with Crippen LogP contribution in [0.5, 0.6) is 5.75 Å². The molecule has 0 spiro atoms. The van der Waals surface area contributed by atoms with E-state index >= 15 is 0 Å². The second-order valence-corrected chi connectivity index (χ2v) is 5.49. The molecule has 8 heteroatoms. The summed E-state index contributed by atoms with van der Waals surface area (Å²) in [4.78, 5) is 24.0. The maximum Gasteiger partial charge on any atom is 0.327 e. The number of carbonyl (C=O) groups is 2. The van der Waals surface area contributed by atoms with E-state index in [-0.39, 0.29) is 19.0 Å². The summed E-state index contributed by atoms with van der Waals surface area (Å²) in [5.41, 5.74) is 0.566. The maximum absolute atomic E-state index is 12.0. The van der Waals surface area contributed by atoms with Gasteiger partial charge in [0.25, 0.3) is 0 Å². The van der Waals surface area contributed by atoms with Crippen LogP contribution in [-0.4, -0.2) is 32.6 Å². The third-order valence-corrected chi connectivity index (χ3v) is 3.75. The topological polar surface area (TPSA) is 89.8 Å². The van der Waals surface area contributed by atoms with E-state index in [1.54, 1.807) is 30.3 Å². The van der Waals surface area contributed by atoms with Gasteiger partial charge in [-0.3, -0.25) is 10.1 Å². The minimum Gasteiger partial charge on any atom is -0.495 e. The zero-order valence-electron chi connectivity index (χ0n) is 13.9. The van der Waals surface area contributed by atoms with Gasteiger partial charge in [-0.15, -0.1) is 0 Å². The summed E-state index contributed by atoms with van der Waals surface area (Å²) in [6, 6.07) is 7.58. The number of carbonyl (C=O) groups excluding carboxylic acids is 2. The lowest BCUT2D eigenvalue weighted by atomic mass is 10.1. The number of rotatable bonds is 8. The summed E-state index contributed by atoms with van der Waals surface area (Å²) in [6.45, 7) is 0.189. The Morgan fingerprint density at radius 1 is 1.28 bits per heavy atom. The number of methoxy groups -OCH3 is 2. The molecule has 1 atom stereocenters. The minimum absolute atomic E-state index is 0.0792. The van der Waals surface area contributed by atoms with Crippen LogP contribution in [0.25, 0.3) is 0 Å². The van der Waals surface area contributed by atoms with Gasteiger partial charge in [0.05, 0.1) is 38.6 Å². The molecule has 0 bridgehead atoms. The fraction of sp³-hybridized carbons (Fsp3) is 0.294. The number of hydrogen-bond acceptors (Lipinski definition) is 6. The Labute approximate surface area is 150 Å². The van der Waals surface area contributed by atoms with Crippen molar-refractivity contribution in [2.24, 2.45) is 0 Å². The van der Waals surface area contributed by atoms with Crippen molar-refractivity contribution in [2.45, 2.75) is 12.6 Å². The van der Waals surface area contributed by atoms with Crippen LogP contribution in [0.15, 0.2) is 41.0 Å². The van der Waals surface area contributed by atoms with Gasteiger partial charge in [0.1, 0.15) is 17.6 Å². The zero-order chi connectivity index (χ0) is 18.2. The molecule has 0 radical (unpaired) electrons. The van der Waals surface area contributed by atoms with E-state index in [9.17, 15) is 9.59 Å². The second kappa shape index (κ2) is 9.10. The van der Waals surface area contributed by atoms with Gasteiger partial charge in [-0.2, -0.15) is 0 Å². The number of nitrogens with one attached hydrogen (secondary N) is 2. The van der Waals surface area contributed by atoms with Crippen molar-refractivity contribution >= 4 is 23.5 Å². The number of furan rings is 1. The molecule has 0 saturated carbocycles. The van der Waals surface area contributed by atoms with E-state index in [4.69, 9.17) is 25.5 Å². The Morgan fingerprint density at radius 2 is 2.08 bits per heavy atom. The molecule has 134 valence electrons. The van der Waals surface area contributed by atoms with Gasteiger partial charge in [-0.05, 0) is 29.8 Å². The standard InChI is InChI=1S/C17H19ClN2O5/c1-23-14-6-5-11(8-13(14)18)16(17(22)24-2)20-10-15(21)19-9-12-4-3-7-25-12/h3-8,16,20H,9-10H2,1-2H3,(H,19,21). The number of benzene rings is 1. The van der Waals surface area contributed by atoms with Crippen molar-refractivity contribution in [1.29, 1.82) is 0 Å². The molecule has 0 aliphatic rings. The molecule has 1 amide bonds. The Morgan fingerprint density at radius 3 is 2.68 bits per heavy atom. The van der Waals surface area contributed by atoms with Crippen LogP contribution >= 0.6 is 11.6 Å². The quantitative estimate of drug-likeness (QED) is 0.695. The van der Waals surface area contributed by atoms with E-state index < -0.39 is 12.0 Å². The van der Waals surface area contributed by atoms with Gasteiger partial charge in [-0.1, -0.05) is 17.7 Å². The molecule has 1 aromatic heterocycles. The summed E-state index contributed by atoms with van der Waals surface area (Å²) in [7, 11) is 2.78. The number of hydrogen-bond donors (Lipinski definition) is 2. The van der Waals surface area contributed by atoms with E-state index in [0.29, 0.717) is 22.1 Å². The lowest BCUT2D eigenvalue weighted by molar-refractivity contribution is -0.143. The van der Waals surface area contributed by atoms with Crippen LogP contribution in [0, 0.1) is 0 Å². The predicted molar refractivity (Wildman–Crippen MR) is 91.3 cm³/mol. The SMILES string of the molecule is COC(=O)C(NCC(=O)NCc1ccco1)c1ccc(OC)c(Cl)c1. The summed E-state index contributed by atoms with van der Waals surface area (Å²) in [5, 5.41) is 5.91. The van der Waals surface area contributed by atoms with Gasteiger partial charge < -0.3 is 19.2 Å². The molecule has 0 saturated heterocycles. The molecule has 1 heterocycles. The van der Waals surface area contributed by atoms with Crippen molar-refractivity contribution in [2.75, 3.05) is 20.8 Å². The average Bonchev–Trinajstić information content (AvgIpc) is 3.13. The average molecular weight is 367 g/mol. The summed E-state index contributed by atoms with van der Waals surface area (Å²) in [5.74, 6) is 0.315. The van der Waals surface area contributed by atoms with Crippen LogP contribution in [0.3, 0.4) is 0 Å². The van der Waals surface area contributed by atoms with Gasteiger partial charge in [0.2, 0.25) is 5.91 Å². The first-order valence-corrected chi connectivity index (χ1v) is 7.86. The second-order valence-electron chi connectivity index (χ2n) is 5.09. The zero-order valence-corrected chi connectivity index (χ0v) is 14.6. The molecule has 2 rings (SSSR count). The van der Waals surface area contributed by atoms with Crippen LogP contribution < -0.4 is 15.4 Å². The van der Waals surface area contributed by atoms with Crippen LogP contribution in [0.1, 0.15) is 17.4 Å². The highest BCUT2D eigenvalue weighted by Gasteiger charge is 2.23. The Balaban J connectivity index is 1.99. The molecule has 0 aliphatic carbocycles. The van der Waals surface area contributed by atoms with E-state index in [1.807, 2.05) is 0 Å². The smallest absolute Gasteiger partial charge is 0.327 e. The molecule has 2 aromatic rings. The van der Waals surface area contributed by atoms with Crippen molar-refractivity contribution in [3.05, 3.63) is 52.9 Å². The fourth-order valence-electron chi connectivity index (χ4n) is 2.17. The Hall–Kier alpha value is -2.51. The van der Waals surface area contributed by atoms with Gasteiger partial charge >= 0.3 is 5.97 Å². The fourth-order valence-corrected chi connectivity index (χ4v) is 2.44. The van der Waals surface area contributed by atoms with E-state index in [2.05, 4.69) is 10.6 Å². The first-order valence-electron chi connectivity index (χ1n) is 7.49. The first kappa shape index (κ1) is 18.8. The van der Waals surface area contributed by atoms with Gasteiger partial charge in [0, 0.05) is 0 Å². The van der Waals surface area contributed by atoms with Gasteiger partial charge in [-0.25, -0.2) is 4.79 Å². The highest BCUT2D eigenvalue weighted by molar-refractivity contribution is 6.32. The van der Waals surface area contributed by atoms with Gasteiger partial charge in [0.15, 0.2) is 0 Å². The third-order valence-electron chi connectivity index (χ3n) is 3.45. The predicted octanol–water partition coefficient (Wildman–Crippen LogP) is 2.06.